The van der Waals surface area contributed by atoms with Crippen LogP contribution in [0.4, 0.5) is 16.3 Å². The summed E-state index contributed by atoms with van der Waals surface area (Å²) in [4.78, 5) is 24.4. The summed E-state index contributed by atoms with van der Waals surface area (Å²) < 4.78 is 0. The van der Waals surface area contributed by atoms with Crippen molar-refractivity contribution in [3.63, 3.8) is 0 Å². The molecule has 0 aliphatic carbocycles. The molecule has 0 atom stereocenters. The first-order chi connectivity index (χ1) is 14.1. The molecular weight excluding hydrogens is 364 g/mol. The first-order valence-corrected chi connectivity index (χ1v) is 9.92. The number of aromatic nitrogens is 2. The van der Waals surface area contributed by atoms with Crippen LogP contribution in [0.5, 0.6) is 0 Å². The van der Waals surface area contributed by atoms with Gasteiger partial charge in [-0.15, -0.1) is 0 Å². The van der Waals surface area contributed by atoms with Gasteiger partial charge in [-0.1, -0.05) is 24.3 Å². The van der Waals surface area contributed by atoms with Gasteiger partial charge in [-0.2, -0.15) is 0 Å². The van der Waals surface area contributed by atoms with Gasteiger partial charge in [0.15, 0.2) is 0 Å². The lowest BCUT2D eigenvalue weighted by atomic mass is 10.1. The van der Waals surface area contributed by atoms with Crippen molar-refractivity contribution in [2.75, 3.05) is 36.8 Å². The van der Waals surface area contributed by atoms with Crippen molar-refractivity contribution in [2.45, 2.75) is 20.4 Å². The highest BCUT2D eigenvalue weighted by Gasteiger charge is 2.15. The second-order valence-electron chi connectivity index (χ2n) is 7.43. The van der Waals surface area contributed by atoms with Gasteiger partial charge in [-0.3, -0.25) is 10.2 Å². The number of nitrogens with one attached hydrogen (secondary N) is 3. The molecule has 0 bridgehead atoms. The molecule has 7 nitrogen and oxygen atoms in total. The number of amides is 2. The Bertz CT molecular complexity index is 1030. The standard InChI is InChI=1S/C22H26N6O/c1-15-7-8-16(2)19(13-15)25-22(29)27-21-17-5-3-4-6-18(17)24-20(26-21)14-28-11-9-23-10-12-28/h3-8,13,23H,9-12,14H2,1-2H3,(H2,24,25,26,27,29). The summed E-state index contributed by atoms with van der Waals surface area (Å²) in [5.74, 6) is 1.25. The van der Waals surface area contributed by atoms with Crippen LogP contribution >= 0.6 is 0 Å². The van der Waals surface area contributed by atoms with Crippen LogP contribution in [0.25, 0.3) is 10.9 Å². The van der Waals surface area contributed by atoms with E-state index in [0.29, 0.717) is 18.2 Å². The van der Waals surface area contributed by atoms with E-state index in [4.69, 9.17) is 4.98 Å². The minimum atomic E-state index is -0.310. The number of fused-ring (bicyclic) bond motifs is 1. The molecule has 4 rings (SSSR count). The number of rotatable bonds is 4. The van der Waals surface area contributed by atoms with Gasteiger partial charge in [-0.25, -0.2) is 14.8 Å². The molecule has 1 aliphatic heterocycles. The van der Waals surface area contributed by atoms with Gasteiger partial charge in [0.25, 0.3) is 0 Å². The van der Waals surface area contributed by atoms with Crippen LogP contribution < -0.4 is 16.0 Å². The Morgan fingerprint density at radius 1 is 1.07 bits per heavy atom. The maximum atomic E-state index is 12.7. The Morgan fingerprint density at radius 2 is 1.86 bits per heavy atom. The van der Waals surface area contributed by atoms with E-state index in [0.717, 1.165) is 53.9 Å². The van der Waals surface area contributed by atoms with Gasteiger partial charge in [-0.05, 0) is 43.2 Å². The highest BCUT2D eigenvalue weighted by molar-refractivity contribution is 6.04. The zero-order valence-electron chi connectivity index (χ0n) is 16.8. The number of carbonyl (C=O) groups excluding carboxylic acids is 1. The van der Waals surface area contributed by atoms with E-state index in [9.17, 15) is 4.79 Å². The summed E-state index contributed by atoms with van der Waals surface area (Å²) in [6.45, 7) is 8.51. The monoisotopic (exact) mass is 390 g/mol. The fourth-order valence-electron chi connectivity index (χ4n) is 3.49. The fourth-order valence-corrected chi connectivity index (χ4v) is 3.49. The second-order valence-corrected chi connectivity index (χ2v) is 7.43. The minimum absolute atomic E-state index is 0.310. The third-order valence-electron chi connectivity index (χ3n) is 5.10. The van der Waals surface area contributed by atoms with Gasteiger partial charge in [0, 0.05) is 37.3 Å². The number of hydrogen-bond donors (Lipinski definition) is 3. The van der Waals surface area contributed by atoms with Crippen molar-refractivity contribution < 1.29 is 4.79 Å². The van der Waals surface area contributed by atoms with Crippen molar-refractivity contribution in [1.82, 2.24) is 20.2 Å². The Kier molecular flexibility index (Phi) is 5.69. The van der Waals surface area contributed by atoms with Crippen molar-refractivity contribution in [3.05, 3.63) is 59.4 Å². The summed E-state index contributed by atoms with van der Waals surface area (Å²) >= 11 is 0. The van der Waals surface area contributed by atoms with Crippen molar-refractivity contribution in [1.29, 1.82) is 0 Å². The molecule has 1 aliphatic rings. The summed E-state index contributed by atoms with van der Waals surface area (Å²) in [6, 6.07) is 13.4. The van der Waals surface area contributed by atoms with E-state index in [-0.39, 0.29) is 6.03 Å². The number of para-hydroxylation sites is 1. The molecule has 0 saturated carbocycles. The average molecular weight is 390 g/mol. The van der Waals surface area contributed by atoms with Gasteiger partial charge < -0.3 is 10.6 Å². The lowest BCUT2D eigenvalue weighted by molar-refractivity contribution is 0.228. The third-order valence-corrected chi connectivity index (χ3v) is 5.10. The average Bonchev–Trinajstić information content (AvgIpc) is 2.71. The van der Waals surface area contributed by atoms with Crippen molar-refractivity contribution in [3.8, 4) is 0 Å². The molecule has 1 fully saturated rings. The molecular formula is C22H26N6O. The number of carbonyl (C=O) groups is 1. The van der Waals surface area contributed by atoms with Crippen LogP contribution in [0.15, 0.2) is 42.5 Å². The molecule has 0 radical (unpaired) electrons. The number of piperazine rings is 1. The Balaban J connectivity index is 1.58. The second kappa shape index (κ2) is 8.55. The SMILES string of the molecule is Cc1ccc(C)c(NC(=O)Nc2nc(CN3CCNCC3)nc3ccccc23)c1. The number of anilines is 2. The quantitative estimate of drug-likeness (QED) is 0.637. The molecule has 1 saturated heterocycles. The predicted octanol–water partition coefficient (Wildman–Crippen LogP) is 3.30. The number of hydrogen-bond acceptors (Lipinski definition) is 5. The van der Waals surface area contributed by atoms with Gasteiger partial charge in [0.1, 0.15) is 11.6 Å². The highest BCUT2D eigenvalue weighted by Crippen LogP contribution is 2.22. The van der Waals surface area contributed by atoms with E-state index in [1.165, 1.54) is 0 Å². The van der Waals surface area contributed by atoms with Crippen molar-refractivity contribution in [2.24, 2.45) is 0 Å². The predicted molar refractivity (Wildman–Crippen MR) is 116 cm³/mol. The van der Waals surface area contributed by atoms with E-state index in [1.54, 1.807) is 0 Å². The number of benzene rings is 2. The van der Waals surface area contributed by atoms with Crippen LogP contribution in [0.3, 0.4) is 0 Å². The molecule has 3 aromatic rings. The van der Waals surface area contributed by atoms with Crippen LogP contribution in [-0.4, -0.2) is 47.1 Å². The van der Waals surface area contributed by atoms with Crippen LogP contribution in [0.2, 0.25) is 0 Å². The first-order valence-electron chi connectivity index (χ1n) is 9.92. The topological polar surface area (TPSA) is 82.2 Å². The smallest absolute Gasteiger partial charge is 0.314 e. The molecule has 2 amide bonds. The molecule has 3 N–H and O–H groups in total. The molecule has 2 aromatic carbocycles. The molecule has 150 valence electrons. The van der Waals surface area contributed by atoms with Gasteiger partial charge in [0.05, 0.1) is 12.1 Å². The maximum Gasteiger partial charge on any atom is 0.324 e. The lowest BCUT2D eigenvalue weighted by Gasteiger charge is -2.26. The van der Waals surface area contributed by atoms with Gasteiger partial charge >= 0.3 is 6.03 Å². The molecule has 7 heteroatoms. The maximum absolute atomic E-state index is 12.7. The zero-order valence-corrected chi connectivity index (χ0v) is 16.8. The normalized spacial score (nSPS) is 14.7. The van der Waals surface area contributed by atoms with E-state index < -0.39 is 0 Å². The number of aryl methyl sites for hydroxylation is 2. The summed E-state index contributed by atoms with van der Waals surface area (Å²) in [6.07, 6.45) is 0. The summed E-state index contributed by atoms with van der Waals surface area (Å²) in [5.41, 5.74) is 3.73. The number of urea groups is 1. The lowest BCUT2D eigenvalue weighted by Crippen LogP contribution is -2.43. The van der Waals surface area contributed by atoms with Crippen LogP contribution in [0, 0.1) is 13.8 Å². The molecule has 0 spiro atoms. The summed E-state index contributed by atoms with van der Waals surface area (Å²) in [7, 11) is 0. The summed E-state index contributed by atoms with van der Waals surface area (Å²) in [5, 5.41) is 10.0. The van der Waals surface area contributed by atoms with E-state index >= 15 is 0 Å². The molecule has 0 unspecified atom stereocenters. The third kappa shape index (κ3) is 4.70. The number of nitrogens with zero attached hydrogens (tertiary/aromatic N) is 3. The molecule has 2 heterocycles. The largest absolute Gasteiger partial charge is 0.324 e. The van der Waals surface area contributed by atoms with Gasteiger partial charge in [0.2, 0.25) is 0 Å². The van der Waals surface area contributed by atoms with E-state index in [1.807, 2.05) is 56.3 Å². The fraction of sp³-hybridized carbons (Fsp3) is 0.318. The van der Waals surface area contributed by atoms with Crippen LogP contribution in [-0.2, 0) is 6.54 Å². The van der Waals surface area contributed by atoms with E-state index in [2.05, 4.69) is 25.8 Å². The Hall–Kier alpha value is -3.03. The van der Waals surface area contributed by atoms with Crippen molar-refractivity contribution >= 4 is 28.4 Å². The minimum Gasteiger partial charge on any atom is -0.314 e. The highest BCUT2D eigenvalue weighted by atomic mass is 16.2. The molecule has 1 aromatic heterocycles. The molecule has 29 heavy (non-hydrogen) atoms. The zero-order chi connectivity index (χ0) is 20.2. The Morgan fingerprint density at radius 3 is 2.69 bits per heavy atom. The Labute approximate surface area is 170 Å². The van der Waals surface area contributed by atoms with Crippen LogP contribution in [0.1, 0.15) is 17.0 Å². The first kappa shape index (κ1) is 19.3.